The molecular weight excluding hydrogens is 234 g/mol. The number of hydrogen-bond acceptors (Lipinski definition) is 3. The molecule has 1 heterocycles. The van der Waals surface area contributed by atoms with Crippen molar-refractivity contribution >= 4 is 12.1 Å². The monoisotopic (exact) mass is 257 g/mol. The van der Waals surface area contributed by atoms with Crippen molar-refractivity contribution in [1.29, 1.82) is 0 Å². The molecule has 1 fully saturated rings. The zero-order valence-corrected chi connectivity index (χ0v) is 11.6. The number of ether oxygens (including phenoxy) is 1. The summed E-state index contributed by atoms with van der Waals surface area (Å²) in [6.07, 6.45) is 0.198. The molecule has 1 aliphatic heterocycles. The van der Waals surface area contributed by atoms with Gasteiger partial charge >= 0.3 is 12.1 Å². The van der Waals surface area contributed by atoms with E-state index in [-0.39, 0.29) is 23.3 Å². The first-order valence-electron chi connectivity index (χ1n) is 6.43. The largest absolute Gasteiger partial charge is 0.466 e. The fourth-order valence-corrected chi connectivity index (χ4v) is 2.49. The third-order valence-electron chi connectivity index (χ3n) is 3.47. The van der Waals surface area contributed by atoms with Gasteiger partial charge in [-0.2, -0.15) is 0 Å². The molecule has 0 spiro atoms. The summed E-state index contributed by atoms with van der Waals surface area (Å²) in [6.45, 7) is 8.56. The Balaban J connectivity index is 2.80. The summed E-state index contributed by atoms with van der Waals surface area (Å²) in [7, 11) is 0. The maximum absolute atomic E-state index is 11.8. The average Bonchev–Trinajstić information content (AvgIpc) is 2.27. The van der Waals surface area contributed by atoms with Gasteiger partial charge in [-0.3, -0.25) is 4.79 Å². The van der Waals surface area contributed by atoms with Crippen molar-refractivity contribution in [3.05, 3.63) is 0 Å². The summed E-state index contributed by atoms with van der Waals surface area (Å²) in [5.74, 6) is -0.374. The lowest BCUT2D eigenvalue weighted by Gasteiger charge is -2.43. The molecule has 1 N–H and O–H groups in total. The topological polar surface area (TPSA) is 66.8 Å². The smallest absolute Gasteiger partial charge is 0.407 e. The van der Waals surface area contributed by atoms with Gasteiger partial charge < -0.3 is 14.7 Å². The van der Waals surface area contributed by atoms with Crippen molar-refractivity contribution in [2.75, 3.05) is 13.2 Å². The minimum atomic E-state index is -0.905. The molecule has 0 aromatic carbocycles. The average molecular weight is 257 g/mol. The van der Waals surface area contributed by atoms with Crippen LogP contribution in [0.4, 0.5) is 4.79 Å². The maximum Gasteiger partial charge on any atom is 0.407 e. The van der Waals surface area contributed by atoms with Crippen LogP contribution >= 0.6 is 0 Å². The van der Waals surface area contributed by atoms with Crippen LogP contribution in [0.25, 0.3) is 0 Å². The Hall–Kier alpha value is -1.26. The third-order valence-corrected chi connectivity index (χ3v) is 3.47. The second kappa shape index (κ2) is 5.59. The normalized spacial score (nSPS) is 24.8. The van der Waals surface area contributed by atoms with Crippen LogP contribution in [0.2, 0.25) is 0 Å². The Morgan fingerprint density at radius 3 is 2.44 bits per heavy atom. The molecule has 2 atom stereocenters. The van der Waals surface area contributed by atoms with Crippen LogP contribution in [-0.2, 0) is 9.53 Å². The molecule has 0 bridgehead atoms. The van der Waals surface area contributed by atoms with Gasteiger partial charge in [-0.05, 0) is 25.2 Å². The molecule has 0 aromatic rings. The predicted molar refractivity (Wildman–Crippen MR) is 67.3 cm³/mol. The van der Waals surface area contributed by atoms with Crippen molar-refractivity contribution in [3.8, 4) is 0 Å². The van der Waals surface area contributed by atoms with Crippen LogP contribution in [0.15, 0.2) is 0 Å². The Bertz CT molecular complexity index is 321. The standard InChI is InChI=1S/C13H23NO4/c1-5-18-11(15)9-6-7-14(12(16)17)10(8-9)13(2,3)4/h9-10H,5-8H2,1-4H3,(H,16,17). The molecule has 104 valence electrons. The Morgan fingerprint density at radius 1 is 1.39 bits per heavy atom. The Morgan fingerprint density at radius 2 is 2.00 bits per heavy atom. The summed E-state index contributed by atoms with van der Waals surface area (Å²) >= 11 is 0. The number of esters is 1. The van der Waals surface area contributed by atoms with Crippen molar-refractivity contribution in [2.45, 2.75) is 46.6 Å². The minimum Gasteiger partial charge on any atom is -0.466 e. The highest BCUT2D eigenvalue weighted by molar-refractivity contribution is 5.73. The number of piperidine rings is 1. The van der Waals surface area contributed by atoms with Gasteiger partial charge in [-0.1, -0.05) is 20.8 Å². The Kier molecular flexibility index (Phi) is 4.59. The summed E-state index contributed by atoms with van der Waals surface area (Å²) < 4.78 is 5.03. The van der Waals surface area contributed by atoms with Gasteiger partial charge in [-0.15, -0.1) is 0 Å². The van der Waals surface area contributed by atoms with Crippen molar-refractivity contribution in [1.82, 2.24) is 4.90 Å². The number of carbonyl (C=O) groups is 2. The van der Waals surface area contributed by atoms with E-state index in [1.54, 1.807) is 6.92 Å². The lowest BCUT2D eigenvalue weighted by molar-refractivity contribution is -0.151. The summed E-state index contributed by atoms with van der Waals surface area (Å²) in [5, 5.41) is 9.21. The molecule has 1 amide bonds. The summed E-state index contributed by atoms with van der Waals surface area (Å²) in [5.41, 5.74) is -0.177. The van der Waals surface area contributed by atoms with E-state index < -0.39 is 6.09 Å². The Labute approximate surface area is 108 Å². The number of carbonyl (C=O) groups excluding carboxylic acids is 1. The fraction of sp³-hybridized carbons (Fsp3) is 0.846. The molecule has 1 aliphatic rings. The number of carboxylic acid groups (broad SMARTS) is 1. The molecule has 18 heavy (non-hydrogen) atoms. The van der Waals surface area contributed by atoms with Crippen LogP contribution < -0.4 is 0 Å². The lowest BCUT2D eigenvalue weighted by Crippen LogP contribution is -2.52. The molecule has 0 saturated carbocycles. The molecule has 0 aromatic heterocycles. The molecule has 0 radical (unpaired) electrons. The van der Waals surface area contributed by atoms with Crippen LogP contribution in [-0.4, -0.2) is 41.3 Å². The van der Waals surface area contributed by atoms with Crippen LogP contribution in [0.5, 0.6) is 0 Å². The lowest BCUT2D eigenvalue weighted by atomic mass is 9.77. The predicted octanol–water partition coefficient (Wildman–Crippen LogP) is 2.35. The van der Waals surface area contributed by atoms with Gasteiger partial charge in [0.2, 0.25) is 0 Å². The van der Waals surface area contributed by atoms with E-state index in [9.17, 15) is 14.7 Å². The van der Waals surface area contributed by atoms with Gasteiger partial charge in [0.25, 0.3) is 0 Å². The molecule has 5 nitrogen and oxygen atoms in total. The zero-order chi connectivity index (χ0) is 13.9. The number of nitrogens with zero attached hydrogens (tertiary/aromatic N) is 1. The second-order valence-electron chi connectivity index (χ2n) is 5.83. The molecule has 0 aliphatic carbocycles. The highest BCUT2D eigenvalue weighted by Crippen LogP contribution is 2.35. The number of amides is 1. The van der Waals surface area contributed by atoms with Gasteiger partial charge in [0.1, 0.15) is 0 Å². The van der Waals surface area contributed by atoms with Crippen molar-refractivity contribution in [2.24, 2.45) is 11.3 Å². The number of hydrogen-bond donors (Lipinski definition) is 1. The summed E-state index contributed by atoms with van der Waals surface area (Å²) in [4.78, 5) is 24.4. The van der Waals surface area contributed by atoms with Crippen molar-refractivity contribution in [3.63, 3.8) is 0 Å². The summed E-state index contributed by atoms with van der Waals surface area (Å²) in [6, 6.07) is -0.141. The second-order valence-corrected chi connectivity index (χ2v) is 5.83. The maximum atomic E-state index is 11.8. The first kappa shape index (κ1) is 14.8. The van der Waals surface area contributed by atoms with Crippen LogP contribution in [0.1, 0.15) is 40.5 Å². The van der Waals surface area contributed by atoms with Gasteiger partial charge in [0, 0.05) is 12.6 Å². The molecule has 5 heteroatoms. The highest BCUT2D eigenvalue weighted by atomic mass is 16.5. The molecular formula is C13H23NO4. The van der Waals surface area contributed by atoms with Crippen molar-refractivity contribution < 1.29 is 19.4 Å². The van der Waals surface area contributed by atoms with Gasteiger partial charge in [0.15, 0.2) is 0 Å². The van der Waals surface area contributed by atoms with E-state index in [0.29, 0.717) is 26.0 Å². The molecule has 1 rings (SSSR count). The van der Waals surface area contributed by atoms with E-state index in [0.717, 1.165) is 0 Å². The van der Waals surface area contributed by atoms with E-state index in [1.807, 2.05) is 20.8 Å². The van der Waals surface area contributed by atoms with Crippen LogP contribution in [0.3, 0.4) is 0 Å². The molecule has 1 saturated heterocycles. The first-order chi connectivity index (χ1) is 8.27. The number of likely N-dealkylation sites (tertiary alicyclic amines) is 1. The van der Waals surface area contributed by atoms with Crippen LogP contribution in [0, 0.1) is 11.3 Å². The highest BCUT2D eigenvalue weighted by Gasteiger charge is 2.41. The zero-order valence-electron chi connectivity index (χ0n) is 11.6. The van der Waals surface area contributed by atoms with E-state index >= 15 is 0 Å². The number of rotatable bonds is 2. The van der Waals surface area contributed by atoms with E-state index in [4.69, 9.17) is 4.74 Å². The molecule has 2 unspecified atom stereocenters. The van der Waals surface area contributed by atoms with E-state index in [1.165, 1.54) is 4.90 Å². The van der Waals surface area contributed by atoms with Gasteiger partial charge in [0.05, 0.1) is 12.5 Å². The SMILES string of the molecule is CCOC(=O)C1CCN(C(=O)O)C(C(C)(C)C)C1. The quantitative estimate of drug-likeness (QED) is 0.771. The van der Waals surface area contributed by atoms with E-state index in [2.05, 4.69) is 0 Å². The van der Waals surface area contributed by atoms with Gasteiger partial charge in [-0.25, -0.2) is 4.79 Å². The first-order valence-corrected chi connectivity index (χ1v) is 6.43. The fourth-order valence-electron chi connectivity index (χ4n) is 2.49. The minimum absolute atomic E-state index is 0.141. The third kappa shape index (κ3) is 3.37.